The molecule has 1 atom stereocenters. The second kappa shape index (κ2) is 6.99. The standard InChI is InChI=1S/C14H20FNO2/c1-4-5-8-16-14(17)11(3)18-12-6-7-13(15)10(2)9-12/h6-7,9,11H,4-5,8H2,1-3H3,(H,16,17). The van der Waals surface area contributed by atoms with E-state index < -0.39 is 6.10 Å². The molecule has 1 aromatic carbocycles. The molecule has 1 amide bonds. The van der Waals surface area contributed by atoms with Crippen molar-refractivity contribution >= 4 is 5.91 Å². The van der Waals surface area contributed by atoms with Crippen LogP contribution >= 0.6 is 0 Å². The van der Waals surface area contributed by atoms with Gasteiger partial charge < -0.3 is 10.1 Å². The normalized spacial score (nSPS) is 12.0. The molecule has 1 aromatic rings. The van der Waals surface area contributed by atoms with Gasteiger partial charge in [-0.2, -0.15) is 0 Å². The van der Waals surface area contributed by atoms with E-state index in [9.17, 15) is 9.18 Å². The lowest BCUT2D eigenvalue weighted by Gasteiger charge is -2.15. The molecule has 0 radical (unpaired) electrons. The molecule has 0 spiro atoms. The number of unbranched alkanes of at least 4 members (excludes halogenated alkanes) is 1. The summed E-state index contributed by atoms with van der Waals surface area (Å²) in [5.74, 6) is 0.0832. The van der Waals surface area contributed by atoms with Crippen molar-refractivity contribution in [2.24, 2.45) is 0 Å². The Morgan fingerprint density at radius 1 is 1.50 bits per heavy atom. The summed E-state index contributed by atoms with van der Waals surface area (Å²) in [6, 6.07) is 4.45. The van der Waals surface area contributed by atoms with Crippen LogP contribution in [0.2, 0.25) is 0 Å². The zero-order valence-corrected chi connectivity index (χ0v) is 11.1. The quantitative estimate of drug-likeness (QED) is 0.792. The molecular weight excluding hydrogens is 233 g/mol. The Morgan fingerprint density at radius 2 is 2.22 bits per heavy atom. The molecule has 0 heterocycles. The number of hydrogen-bond acceptors (Lipinski definition) is 2. The van der Waals surface area contributed by atoms with Crippen LogP contribution in [0.25, 0.3) is 0 Å². The van der Waals surface area contributed by atoms with E-state index in [-0.39, 0.29) is 11.7 Å². The maximum Gasteiger partial charge on any atom is 0.260 e. The third-order valence-electron chi connectivity index (χ3n) is 2.64. The molecule has 18 heavy (non-hydrogen) atoms. The number of halogens is 1. The highest BCUT2D eigenvalue weighted by atomic mass is 19.1. The van der Waals surface area contributed by atoms with E-state index in [0.29, 0.717) is 17.9 Å². The third-order valence-corrected chi connectivity index (χ3v) is 2.64. The zero-order chi connectivity index (χ0) is 13.5. The lowest BCUT2D eigenvalue weighted by atomic mass is 10.2. The van der Waals surface area contributed by atoms with Gasteiger partial charge in [-0.15, -0.1) is 0 Å². The number of hydrogen-bond donors (Lipinski definition) is 1. The molecule has 0 aliphatic heterocycles. The fourth-order valence-corrected chi connectivity index (χ4v) is 1.48. The highest BCUT2D eigenvalue weighted by molar-refractivity contribution is 5.80. The molecule has 0 saturated heterocycles. The summed E-state index contributed by atoms with van der Waals surface area (Å²) in [5.41, 5.74) is 0.506. The zero-order valence-electron chi connectivity index (χ0n) is 11.1. The Balaban J connectivity index is 2.50. The van der Waals surface area contributed by atoms with Crippen LogP contribution < -0.4 is 10.1 Å². The van der Waals surface area contributed by atoms with Gasteiger partial charge in [0, 0.05) is 6.54 Å². The Bertz CT molecular complexity index is 407. The molecule has 1 rings (SSSR count). The number of ether oxygens (including phenoxy) is 1. The number of aryl methyl sites for hydroxylation is 1. The number of rotatable bonds is 6. The second-order valence-corrected chi connectivity index (χ2v) is 4.32. The number of nitrogens with one attached hydrogen (secondary N) is 1. The van der Waals surface area contributed by atoms with Crippen LogP contribution in [0.15, 0.2) is 18.2 Å². The molecule has 0 fully saturated rings. The molecule has 0 aliphatic carbocycles. The summed E-state index contributed by atoms with van der Waals surface area (Å²) in [6.45, 7) is 6.06. The van der Waals surface area contributed by atoms with E-state index in [4.69, 9.17) is 4.74 Å². The summed E-state index contributed by atoms with van der Waals surface area (Å²) in [4.78, 5) is 11.7. The topological polar surface area (TPSA) is 38.3 Å². The Hall–Kier alpha value is -1.58. The number of amides is 1. The van der Waals surface area contributed by atoms with E-state index >= 15 is 0 Å². The number of carbonyl (C=O) groups excluding carboxylic acids is 1. The van der Waals surface area contributed by atoms with Gasteiger partial charge in [-0.3, -0.25) is 4.79 Å². The van der Waals surface area contributed by atoms with Crippen LogP contribution in [0.5, 0.6) is 5.75 Å². The Kier molecular flexibility index (Phi) is 5.62. The first-order valence-corrected chi connectivity index (χ1v) is 6.25. The lowest BCUT2D eigenvalue weighted by molar-refractivity contribution is -0.127. The van der Waals surface area contributed by atoms with Crippen molar-refractivity contribution in [3.05, 3.63) is 29.6 Å². The van der Waals surface area contributed by atoms with E-state index in [1.54, 1.807) is 19.9 Å². The molecule has 0 bridgehead atoms. The molecule has 1 unspecified atom stereocenters. The summed E-state index contributed by atoms with van der Waals surface area (Å²) in [5, 5.41) is 2.79. The fourth-order valence-electron chi connectivity index (χ4n) is 1.48. The fraction of sp³-hybridized carbons (Fsp3) is 0.500. The van der Waals surface area contributed by atoms with Gasteiger partial charge in [-0.05, 0) is 44.0 Å². The first-order valence-electron chi connectivity index (χ1n) is 6.25. The Morgan fingerprint density at radius 3 is 2.83 bits per heavy atom. The maximum atomic E-state index is 13.1. The molecule has 100 valence electrons. The SMILES string of the molecule is CCCCNC(=O)C(C)Oc1ccc(F)c(C)c1. The first kappa shape index (κ1) is 14.5. The smallest absolute Gasteiger partial charge is 0.260 e. The second-order valence-electron chi connectivity index (χ2n) is 4.32. The van der Waals surface area contributed by atoms with Crippen molar-refractivity contribution in [2.45, 2.75) is 39.7 Å². The van der Waals surface area contributed by atoms with Crippen molar-refractivity contribution in [1.82, 2.24) is 5.32 Å². The summed E-state index contributed by atoms with van der Waals surface area (Å²) in [6.07, 6.45) is 1.41. The predicted molar refractivity (Wildman–Crippen MR) is 69.1 cm³/mol. The van der Waals surface area contributed by atoms with E-state index in [0.717, 1.165) is 12.8 Å². The van der Waals surface area contributed by atoms with Gasteiger partial charge in [0.1, 0.15) is 11.6 Å². The number of carbonyl (C=O) groups is 1. The van der Waals surface area contributed by atoms with Crippen LogP contribution in [0, 0.1) is 12.7 Å². The van der Waals surface area contributed by atoms with E-state index in [1.807, 2.05) is 0 Å². The van der Waals surface area contributed by atoms with Gasteiger partial charge >= 0.3 is 0 Å². The lowest BCUT2D eigenvalue weighted by Crippen LogP contribution is -2.36. The molecule has 0 saturated carbocycles. The highest BCUT2D eigenvalue weighted by Gasteiger charge is 2.14. The molecule has 1 N–H and O–H groups in total. The minimum atomic E-state index is -0.577. The van der Waals surface area contributed by atoms with Crippen LogP contribution in [-0.2, 0) is 4.79 Å². The highest BCUT2D eigenvalue weighted by Crippen LogP contribution is 2.17. The van der Waals surface area contributed by atoms with Crippen molar-refractivity contribution < 1.29 is 13.9 Å². The largest absolute Gasteiger partial charge is 0.481 e. The Labute approximate surface area is 107 Å². The van der Waals surface area contributed by atoms with Crippen molar-refractivity contribution in [1.29, 1.82) is 0 Å². The van der Waals surface area contributed by atoms with Crippen molar-refractivity contribution in [3.63, 3.8) is 0 Å². The first-order chi connectivity index (χ1) is 8.54. The van der Waals surface area contributed by atoms with Gasteiger partial charge in [0.15, 0.2) is 6.10 Å². The summed E-state index contributed by atoms with van der Waals surface area (Å²) < 4.78 is 18.5. The van der Waals surface area contributed by atoms with Crippen LogP contribution in [0.3, 0.4) is 0 Å². The molecule has 4 heteroatoms. The summed E-state index contributed by atoms with van der Waals surface area (Å²) >= 11 is 0. The van der Waals surface area contributed by atoms with Crippen LogP contribution in [-0.4, -0.2) is 18.6 Å². The van der Waals surface area contributed by atoms with E-state index in [2.05, 4.69) is 12.2 Å². The van der Waals surface area contributed by atoms with Crippen LogP contribution in [0.4, 0.5) is 4.39 Å². The molecule has 3 nitrogen and oxygen atoms in total. The molecule has 0 aliphatic rings. The third kappa shape index (κ3) is 4.35. The molecular formula is C14H20FNO2. The minimum Gasteiger partial charge on any atom is -0.481 e. The average molecular weight is 253 g/mol. The van der Waals surface area contributed by atoms with Gasteiger partial charge in [0.05, 0.1) is 0 Å². The monoisotopic (exact) mass is 253 g/mol. The molecule has 0 aromatic heterocycles. The predicted octanol–water partition coefficient (Wildman–Crippen LogP) is 2.82. The average Bonchev–Trinajstić information content (AvgIpc) is 2.34. The van der Waals surface area contributed by atoms with Crippen molar-refractivity contribution in [2.75, 3.05) is 6.54 Å². The van der Waals surface area contributed by atoms with Crippen LogP contribution in [0.1, 0.15) is 32.3 Å². The van der Waals surface area contributed by atoms with Gasteiger partial charge in [-0.1, -0.05) is 13.3 Å². The maximum absolute atomic E-state index is 13.1. The van der Waals surface area contributed by atoms with Crippen molar-refractivity contribution in [3.8, 4) is 5.75 Å². The van der Waals surface area contributed by atoms with Gasteiger partial charge in [0.25, 0.3) is 5.91 Å². The van der Waals surface area contributed by atoms with Gasteiger partial charge in [0.2, 0.25) is 0 Å². The summed E-state index contributed by atoms with van der Waals surface area (Å²) in [7, 11) is 0. The van der Waals surface area contributed by atoms with Gasteiger partial charge in [-0.25, -0.2) is 4.39 Å². The van der Waals surface area contributed by atoms with E-state index in [1.165, 1.54) is 12.1 Å². The number of benzene rings is 1. The minimum absolute atomic E-state index is 0.148.